The Morgan fingerprint density at radius 3 is 1.90 bits per heavy atom. The van der Waals surface area contributed by atoms with Gasteiger partial charge >= 0.3 is 0 Å². The minimum Gasteiger partial charge on any atom is -0.382 e. The number of rotatable bonds is 16. The maximum atomic E-state index is 12.9. The van der Waals surface area contributed by atoms with Gasteiger partial charge in [-0.1, -0.05) is 0 Å². The van der Waals surface area contributed by atoms with Crippen molar-refractivity contribution in [3.8, 4) is 0 Å². The highest BCUT2D eigenvalue weighted by molar-refractivity contribution is 5.85. The first-order valence-electron chi connectivity index (χ1n) is 9.92. The molecule has 1 aliphatic heterocycles. The maximum Gasteiger partial charge on any atom is 0.189 e. The van der Waals surface area contributed by atoms with E-state index in [-0.39, 0.29) is 25.6 Å². The van der Waals surface area contributed by atoms with E-state index in [4.69, 9.17) is 47.4 Å². The van der Waals surface area contributed by atoms with Crippen molar-refractivity contribution in [1.29, 1.82) is 0 Å². The molecule has 0 aromatic heterocycles. The lowest BCUT2D eigenvalue weighted by Gasteiger charge is -2.45. The van der Waals surface area contributed by atoms with Crippen molar-refractivity contribution in [3.63, 3.8) is 0 Å². The van der Waals surface area contributed by atoms with Crippen molar-refractivity contribution >= 4 is 5.78 Å². The normalized spacial score (nSPS) is 29.5. The van der Waals surface area contributed by atoms with Crippen LogP contribution in [-0.2, 0) is 52.2 Å². The van der Waals surface area contributed by atoms with Crippen molar-refractivity contribution in [2.24, 2.45) is 0 Å². The highest BCUT2D eigenvalue weighted by Gasteiger charge is 2.50. The monoisotopic (exact) mass is 454 g/mol. The lowest BCUT2D eigenvalue weighted by molar-refractivity contribution is -0.327. The maximum absolute atomic E-state index is 12.9. The molecule has 0 saturated carbocycles. The van der Waals surface area contributed by atoms with Crippen molar-refractivity contribution in [2.75, 3.05) is 76.7 Å². The largest absolute Gasteiger partial charge is 0.382 e. The smallest absolute Gasteiger partial charge is 0.189 e. The van der Waals surface area contributed by atoms with Crippen molar-refractivity contribution < 1.29 is 52.2 Å². The van der Waals surface area contributed by atoms with Crippen LogP contribution in [-0.4, -0.2) is 132 Å². The fraction of sp³-hybridized carbons (Fsp3) is 0.950. The Morgan fingerprint density at radius 1 is 0.806 bits per heavy atom. The van der Waals surface area contributed by atoms with Crippen LogP contribution in [0.5, 0.6) is 0 Å². The zero-order chi connectivity index (χ0) is 23.4. The fourth-order valence-electron chi connectivity index (χ4n) is 3.72. The molecule has 0 aromatic rings. The van der Waals surface area contributed by atoms with E-state index >= 15 is 0 Å². The third-order valence-corrected chi connectivity index (χ3v) is 5.19. The molecular formula is C20H38O11. The first-order valence-corrected chi connectivity index (χ1v) is 9.92. The molecule has 0 spiro atoms. The average molecular weight is 455 g/mol. The van der Waals surface area contributed by atoms with E-state index in [0.29, 0.717) is 0 Å². The summed E-state index contributed by atoms with van der Waals surface area (Å²) < 4.78 is 55.6. The second-order valence-electron chi connectivity index (χ2n) is 6.99. The summed E-state index contributed by atoms with van der Waals surface area (Å²) >= 11 is 0. The molecule has 1 fully saturated rings. The number of carbonyl (C=O) groups excluding carboxylic acids is 1. The molecule has 0 amide bonds. The Hall–Kier alpha value is -0.730. The van der Waals surface area contributed by atoms with Gasteiger partial charge in [0.05, 0.1) is 13.2 Å². The predicted molar refractivity (Wildman–Crippen MR) is 108 cm³/mol. The van der Waals surface area contributed by atoms with Crippen LogP contribution in [0.15, 0.2) is 0 Å². The summed E-state index contributed by atoms with van der Waals surface area (Å²) in [6.07, 6.45) is -5.67. The number of hydrogen-bond donors (Lipinski definition) is 0. The molecule has 0 aliphatic carbocycles. The van der Waals surface area contributed by atoms with Gasteiger partial charge in [-0.3, -0.25) is 4.79 Å². The van der Waals surface area contributed by atoms with E-state index in [1.165, 1.54) is 35.5 Å². The van der Waals surface area contributed by atoms with Gasteiger partial charge in [0.15, 0.2) is 18.2 Å². The fourth-order valence-corrected chi connectivity index (χ4v) is 3.72. The number of ether oxygens (including phenoxy) is 10. The van der Waals surface area contributed by atoms with Crippen LogP contribution in [0.1, 0.15) is 0 Å². The predicted octanol–water partition coefficient (Wildman–Crippen LogP) is -0.320. The topological polar surface area (TPSA) is 109 Å². The van der Waals surface area contributed by atoms with Crippen LogP contribution in [0.25, 0.3) is 0 Å². The van der Waals surface area contributed by atoms with Crippen molar-refractivity contribution in [3.05, 3.63) is 0 Å². The van der Waals surface area contributed by atoms with E-state index in [1.54, 1.807) is 21.3 Å². The summed E-state index contributed by atoms with van der Waals surface area (Å²) in [7, 11) is 12.1. The minimum absolute atomic E-state index is 0.186. The van der Waals surface area contributed by atoms with Crippen molar-refractivity contribution in [1.82, 2.24) is 0 Å². The molecule has 0 N–H and O–H groups in total. The molecule has 8 atom stereocenters. The molecule has 0 aromatic carbocycles. The van der Waals surface area contributed by atoms with Gasteiger partial charge in [-0.25, -0.2) is 0 Å². The Kier molecular flexibility index (Phi) is 13.8. The summed E-state index contributed by atoms with van der Waals surface area (Å²) in [5.41, 5.74) is 0. The van der Waals surface area contributed by atoms with Crippen LogP contribution in [0.3, 0.4) is 0 Å². The summed E-state index contributed by atoms with van der Waals surface area (Å²) in [4.78, 5) is 12.9. The van der Waals surface area contributed by atoms with E-state index < -0.39 is 49.0 Å². The molecule has 8 unspecified atom stereocenters. The van der Waals surface area contributed by atoms with Crippen LogP contribution in [0.4, 0.5) is 0 Å². The van der Waals surface area contributed by atoms with E-state index in [1.807, 2.05) is 0 Å². The third kappa shape index (κ3) is 7.39. The highest BCUT2D eigenvalue weighted by atomic mass is 16.7. The standard InChI is InChI=1S/C20H38O11/c1-22-9-12(21)15(16(26-5)13(25-4)10-23-2)31-20-19(29-8)18(28-7)17(27-6)14(30-20)11-24-3/h13-20H,9-11H2,1-8H3. The van der Waals surface area contributed by atoms with E-state index in [2.05, 4.69) is 0 Å². The Labute approximate surface area is 184 Å². The van der Waals surface area contributed by atoms with Gasteiger partial charge in [0.2, 0.25) is 0 Å². The molecule has 11 nitrogen and oxygen atoms in total. The van der Waals surface area contributed by atoms with E-state index in [9.17, 15) is 4.79 Å². The zero-order valence-corrected chi connectivity index (χ0v) is 19.7. The SMILES string of the molecule is COCC(=O)C(OC1OC(COC)C(OC)C(OC)C1OC)C(OC)C(COC)OC. The average Bonchev–Trinajstić information content (AvgIpc) is 2.77. The van der Waals surface area contributed by atoms with Gasteiger partial charge in [0, 0.05) is 56.9 Å². The molecule has 1 aliphatic rings. The Bertz CT molecular complexity index is 492. The summed E-state index contributed by atoms with van der Waals surface area (Å²) in [6, 6.07) is 0. The van der Waals surface area contributed by atoms with Gasteiger partial charge in [-0.15, -0.1) is 0 Å². The lowest BCUT2D eigenvalue weighted by atomic mass is 9.97. The molecule has 184 valence electrons. The molecule has 1 saturated heterocycles. The van der Waals surface area contributed by atoms with Crippen molar-refractivity contribution in [2.45, 2.75) is 49.0 Å². The summed E-state index contributed by atoms with van der Waals surface area (Å²) in [5, 5.41) is 0. The van der Waals surface area contributed by atoms with Gasteiger partial charge in [0.25, 0.3) is 0 Å². The first-order chi connectivity index (χ1) is 15.0. The third-order valence-electron chi connectivity index (χ3n) is 5.19. The number of hydrogen-bond acceptors (Lipinski definition) is 11. The minimum atomic E-state index is -1.09. The summed E-state index contributed by atoms with van der Waals surface area (Å²) in [5.74, 6) is -0.350. The second kappa shape index (κ2) is 15.2. The Balaban J connectivity index is 3.25. The first kappa shape index (κ1) is 28.3. The lowest BCUT2D eigenvalue weighted by Crippen LogP contribution is -2.63. The summed E-state index contributed by atoms with van der Waals surface area (Å²) in [6.45, 7) is 0.227. The van der Waals surface area contributed by atoms with Crippen LogP contribution in [0.2, 0.25) is 0 Å². The van der Waals surface area contributed by atoms with E-state index in [0.717, 1.165) is 0 Å². The Morgan fingerprint density at radius 2 is 1.45 bits per heavy atom. The molecule has 11 heteroatoms. The molecule has 0 bridgehead atoms. The number of methoxy groups -OCH3 is 8. The molecule has 1 rings (SSSR count). The van der Waals surface area contributed by atoms with Gasteiger partial charge in [-0.2, -0.15) is 0 Å². The molecule has 0 radical (unpaired) electrons. The zero-order valence-electron chi connectivity index (χ0n) is 19.7. The molecule has 1 heterocycles. The highest BCUT2D eigenvalue weighted by Crippen LogP contribution is 2.30. The van der Waals surface area contributed by atoms with Gasteiger partial charge in [-0.05, 0) is 0 Å². The van der Waals surface area contributed by atoms with Gasteiger partial charge < -0.3 is 47.4 Å². The molecular weight excluding hydrogens is 416 g/mol. The number of carbonyl (C=O) groups is 1. The number of ketones is 1. The second-order valence-corrected chi connectivity index (χ2v) is 6.99. The van der Waals surface area contributed by atoms with Crippen LogP contribution < -0.4 is 0 Å². The molecule has 31 heavy (non-hydrogen) atoms. The number of Topliss-reactive ketones (excluding diaryl/α,β-unsaturated/α-hetero) is 1. The quantitative estimate of drug-likeness (QED) is 0.306. The van der Waals surface area contributed by atoms with Crippen LogP contribution >= 0.6 is 0 Å². The van der Waals surface area contributed by atoms with Crippen LogP contribution in [0, 0.1) is 0 Å². The van der Waals surface area contributed by atoms with Gasteiger partial charge in [0.1, 0.15) is 43.2 Å².